The minimum atomic E-state index is -0.246. The number of aromatic nitrogens is 3. The number of benzene rings is 1. The van der Waals surface area contributed by atoms with Crippen molar-refractivity contribution in [3.05, 3.63) is 75.5 Å². The molecule has 0 radical (unpaired) electrons. The number of carbonyl (C=O) groups excluding carboxylic acids is 1. The summed E-state index contributed by atoms with van der Waals surface area (Å²) < 4.78 is 0.473. The fourth-order valence-corrected chi connectivity index (χ4v) is 5.23. The zero-order chi connectivity index (χ0) is 22.2. The predicted octanol–water partition coefficient (Wildman–Crippen LogP) is 3.71. The van der Waals surface area contributed by atoms with Crippen LogP contribution in [-0.2, 0) is 0 Å². The van der Waals surface area contributed by atoms with E-state index in [4.69, 9.17) is 0 Å². The lowest BCUT2D eigenvalue weighted by atomic mass is 10.1. The summed E-state index contributed by atoms with van der Waals surface area (Å²) in [7, 11) is 0. The molecule has 7 nitrogen and oxygen atoms in total. The molecule has 1 amide bonds. The molecule has 4 heterocycles. The molecule has 5 rings (SSSR count). The SMILES string of the molecule is Cc1sc2c(=O)[nH]c(-c3ccccn3)nc2c1C(=O)N1CCN(c2ccccc2)CC1C. The Bertz CT molecular complexity index is 1330. The Labute approximate surface area is 189 Å². The molecule has 1 aliphatic rings. The minimum absolute atomic E-state index is 0.0306. The van der Waals surface area contributed by atoms with Gasteiger partial charge in [-0.1, -0.05) is 24.3 Å². The summed E-state index contributed by atoms with van der Waals surface area (Å²) >= 11 is 1.32. The van der Waals surface area contributed by atoms with Crippen LogP contribution in [0.2, 0.25) is 0 Å². The molecule has 1 aliphatic heterocycles. The van der Waals surface area contributed by atoms with E-state index in [-0.39, 0.29) is 17.5 Å². The highest BCUT2D eigenvalue weighted by Crippen LogP contribution is 2.30. The van der Waals surface area contributed by atoms with Crippen LogP contribution in [0, 0.1) is 6.92 Å². The first-order chi connectivity index (χ1) is 15.5. The molecular weight excluding hydrogens is 422 g/mol. The molecule has 1 saturated heterocycles. The highest BCUT2D eigenvalue weighted by molar-refractivity contribution is 7.19. The highest BCUT2D eigenvalue weighted by atomic mass is 32.1. The lowest BCUT2D eigenvalue weighted by Gasteiger charge is -2.41. The van der Waals surface area contributed by atoms with E-state index in [2.05, 4.69) is 38.9 Å². The number of piperazine rings is 1. The molecule has 1 N–H and O–H groups in total. The molecule has 3 aromatic heterocycles. The second kappa shape index (κ2) is 8.20. The molecule has 1 atom stereocenters. The molecule has 4 aromatic rings. The van der Waals surface area contributed by atoms with E-state index in [0.717, 1.165) is 23.7 Å². The van der Waals surface area contributed by atoms with E-state index >= 15 is 0 Å². The molecule has 0 aliphatic carbocycles. The molecule has 1 unspecified atom stereocenters. The van der Waals surface area contributed by atoms with Crippen LogP contribution in [0.1, 0.15) is 22.2 Å². The van der Waals surface area contributed by atoms with Crippen LogP contribution in [0.4, 0.5) is 5.69 Å². The van der Waals surface area contributed by atoms with Crippen molar-refractivity contribution in [1.82, 2.24) is 19.9 Å². The summed E-state index contributed by atoms with van der Waals surface area (Å²) in [6, 6.07) is 15.7. The van der Waals surface area contributed by atoms with E-state index < -0.39 is 0 Å². The van der Waals surface area contributed by atoms with Crippen LogP contribution in [0.3, 0.4) is 0 Å². The van der Waals surface area contributed by atoms with Gasteiger partial charge in [0.1, 0.15) is 15.9 Å². The predicted molar refractivity (Wildman–Crippen MR) is 127 cm³/mol. The number of nitrogens with one attached hydrogen (secondary N) is 1. The van der Waals surface area contributed by atoms with Crippen molar-refractivity contribution in [1.29, 1.82) is 0 Å². The number of pyridine rings is 1. The number of para-hydroxylation sites is 1. The third-order valence-electron chi connectivity index (χ3n) is 5.85. The van der Waals surface area contributed by atoms with E-state index in [9.17, 15) is 9.59 Å². The number of carbonyl (C=O) groups is 1. The standard InChI is InChI=1S/C24H23N5O2S/c1-15-14-28(17-8-4-3-5-9-17)12-13-29(15)24(31)19-16(2)32-21-20(19)26-22(27-23(21)30)18-10-6-7-11-25-18/h3-11,15H,12-14H2,1-2H3,(H,26,27,30). The van der Waals surface area contributed by atoms with Gasteiger partial charge in [-0.3, -0.25) is 14.6 Å². The van der Waals surface area contributed by atoms with Gasteiger partial charge in [0.25, 0.3) is 11.5 Å². The maximum absolute atomic E-state index is 13.7. The second-order valence-electron chi connectivity index (χ2n) is 7.97. The normalized spacial score (nSPS) is 16.5. The number of hydrogen-bond donors (Lipinski definition) is 1. The number of aryl methyl sites for hydroxylation is 1. The number of anilines is 1. The van der Waals surface area contributed by atoms with Gasteiger partial charge in [-0.2, -0.15) is 0 Å². The van der Waals surface area contributed by atoms with Gasteiger partial charge in [-0.15, -0.1) is 11.3 Å². The monoisotopic (exact) mass is 445 g/mol. The number of hydrogen-bond acceptors (Lipinski definition) is 6. The average molecular weight is 446 g/mol. The summed E-state index contributed by atoms with van der Waals surface area (Å²) in [6.07, 6.45) is 1.65. The van der Waals surface area contributed by atoms with Gasteiger partial charge in [-0.25, -0.2) is 4.98 Å². The third kappa shape index (κ3) is 3.56. The van der Waals surface area contributed by atoms with Crippen molar-refractivity contribution in [3.63, 3.8) is 0 Å². The topological polar surface area (TPSA) is 82.2 Å². The Morgan fingerprint density at radius 1 is 1.12 bits per heavy atom. The number of H-pyrrole nitrogens is 1. The maximum Gasteiger partial charge on any atom is 0.269 e. The van der Waals surface area contributed by atoms with Crippen molar-refractivity contribution in [2.45, 2.75) is 19.9 Å². The zero-order valence-electron chi connectivity index (χ0n) is 17.9. The number of fused-ring (bicyclic) bond motifs is 1. The van der Waals surface area contributed by atoms with E-state index in [1.165, 1.54) is 11.3 Å². The van der Waals surface area contributed by atoms with Crippen LogP contribution < -0.4 is 10.5 Å². The number of aromatic amines is 1. The summed E-state index contributed by atoms with van der Waals surface area (Å²) in [5.41, 5.74) is 2.47. The molecule has 8 heteroatoms. The van der Waals surface area contributed by atoms with E-state index in [0.29, 0.717) is 33.8 Å². The Hall–Kier alpha value is -3.52. The number of thiophene rings is 1. The lowest BCUT2D eigenvalue weighted by molar-refractivity contribution is 0.0676. The first-order valence-corrected chi connectivity index (χ1v) is 11.4. The molecule has 0 saturated carbocycles. The summed E-state index contributed by atoms with van der Waals surface area (Å²) in [6.45, 7) is 6.07. The van der Waals surface area contributed by atoms with Crippen molar-refractivity contribution in [3.8, 4) is 11.5 Å². The van der Waals surface area contributed by atoms with Crippen molar-refractivity contribution in [2.24, 2.45) is 0 Å². The molecule has 1 aromatic carbocycles. The molecule has 0 spiro atoms. The maximum atomic E-state index is 13.7. The smallest absolute Gasteiger partial charge is 0.269 e. The second-order valence-corrected chi connectivity index (χ2v) is 9.19. The van der Waals surface area contributed by atoms with Crippen LogP contribution in [0.25, 0.3) is 21.7 Å². The van der Waals surface area contributed by atoms with Gasteiger partial charge in [0.05, 0.1) is 5.56 Å². The lowest BCUT2D eigenvalue weighted by Crippen LogP contribution is -2.54. The van der Waals surface area contributed by atoms with Gasteiger partial charge in [-0.05, 0) is 38.1 Å². The van der Waals surface area contributed by atoms with Crippen LogP contribution in [-0.4, -0.2) is 51.4 Å². The number of rotatable bonds is 3. The Morgan fingerprint density at radius 3 is 2.62 bits per heavy atom. The molecule has 1 fully saturated rings. The first kappa shape index (κ1) is 20.4. The third-order valence-corrected chi connectivity index (χ3v) is 6.95. The molecule has 162 valence electrons. The van der Waals surface area contributed by atoms with Crippen LogP contribution in [0.15, 0.2) is 59.5 Å². The Kier molecular flexibility index (Phi) is 5.22. The summed E-state index contributed by atoms with van der Waals surface area (Å²) in [5, 5.41) is 0. The fourth-order valence-electron chi connectivity index (χ4n) is 4.25. The largest absolute Gasteiger partial charge is 0.368 e. The quantitative estimate of drug-likeness (QED) is 0.520. The van der Waals surface area contributed by atoms with Crippen molar-refractivity contribution in [2.75, 3.05) is 24.5 Å². The average Bonchev–Trinajstić information content (AvgIpc) is 3.16. The highest BCUT2D eigenvalue weighted by Gasteiger charge is 2.31. The van der Waals surface area contributed by atoms with Crippen LogP contribution >= 0.6 is 11.3 Å². The summed E-state index contributed by atoms with van der Waals surface area (Å²) in [5.74, 6) is 0.302. The van der Waals surface area contributed by atoms with Gasteiger partial charge >= 0.3 is 0 Å². The Balaban J connectivity index is 1.49. The van der Waals surface area contributed by atoms with Gasteiger partial charge < -0.3 is 14.8 Å². The zero-order valence-corrected chi connectivity index (χ0v) is 18.7. The first-order valence-electron chi connectivity index (χ1n) is 10.6. The van der Waals surface area contributed by atoms with E-state index in [1.54, 1.807) is 18.3 Å². The van der Waals surface area contributed by atoms with Crippen molar-refractivity contribution >= 4 is 33.1 Å². The Morgan fingerprint density at radius 2 is 1.91 bits per heavy atom. The molecular formula is C24H23N5O2S. The minimum Gasteiger partial charge on any atom is -0.368 e. The van der Waals surface area contributed by atoms with Gasteiger partial charge in [0.2, 0.25) is 0 Å². The fraction of sp³-hybridized carbons (Fsp3) is 0.250. The van der Waals surface area contributed by atoms with Crippen molar-refractivity contribution < 1.29 is 4.79 Å². The molecule has 32 heavy (non-hydrogen) atoms. The number of nitrogens with zero attached hydrogens (tertiary/aromatic N) is 4. The molecule has 0 bridgehead atoms. The van der Waals surface area contributed by atoms with Gasteiger partial charge in [0.15, 0.2) is 5.82 Å². The van der Waals surface area contributed by atoms with Gasteiger partial charge in [0, 0.05) is 42.4 Å². The number of amides is 1. The summed E-state index contributed by atoms with van der Waals surface area (Å²) in [4.78, 5) is 43.2. The van der Waals surface area contributed by atoms with E-state index in [1.807, 2.05) is 36.1 Å². The van der Waals surface area contributed by atoms with Crippen LogP contribution in [0.5, 0.6) is 0 Å².